The Kier molecular flexibility index (Phi) is 11.6. The molecule has 4 rings (SSSR count). The fourth-order valence-electron chi connectivity index (χ4n) is 5.16. The molecule has 0 spiro atoms. The number of halogens is 4. The van der Waals surface area contributed by atoms with E-state index in [4.69, 9.17) is 11.6 Å². The topological polar surface area (TPSA) is 86.8 Å². The summed E-state index contributed by atoms with van der Waals surface area (Å²) in [6.45, 7) is 6.19. The van der Waals surface area contributed by atoms with Crippen molar-refractivity contribution in [3.05, 3.63) is 130 Å². The van der Waals surface area contributed by atoms with E-state index in [1.807, 2.05) is 37.3 Å². The number of benzene rings is 4. The summed E-state index contributed by atoms with van der Waals surface area (Å²) in [5.74, 6) is -1.26. The van der Waals surface area contributed by atoms with Gasteiger partial charge < -0.3 is 10.2 Å². The molecule has 254 valence electrons. The highest BCUT2D eigenvalue weighted by Crippen LogP contribution is 2.38. The van der Waals surface area contributed by atoms with Crippen LogP contribution in [0.5, 0.6) is 0 Å². The molecule has 0 aliphatic carbocycles. The van der Waals surface area contributed by atoms with Crippen LogP contribution in [0.3, 0.4) is 0 Å². The Morgan fingerprint density at radius 2 is 1.50 bits per heavy atom. The number of amides is 2. The van der Waals surface area contributed by atoms with Crippen LogP contribution in [0.1, 0.15) is 41.7 Å². The van der Waals surface area contributed by atoms with E-state index in [2.05, 4.69) is 5.32 Å². The van der Waals surface area contributed by atoms with Crippen molar-refractivity contribution < 1.29 is 31.2 Å². The number of hydrogen-bond acceptors (Lipinski definition) is 4. The summed E-state index contributed by atoms with van der Waals surface area (Å²) < 4.78 is 70.8. The van der Waals surface area contributed by atoms with Crippen molar-refractivity contribution in [2.24, 2.45) is 0 Å². The zero-order valence-corrected chi connectivity index (χ0v) is 28.5. The van der Waals surface area contributed by atoms with Crippen molar-refractivity contribution in [3.8, 4) is 0 Å². The molecule has 1 N–H and O–H groups in total. The van der Waals surface area contributed by atoms with Crippen LogP contribution in [0.4, 0.5) is 18.9 Å². The van der Waals surface area contributed by atoms with Crippen LogP contribution in [-0.4, -0.2) is 43.8 Å². The lowest BCUT2D eigenvalue weighted by molar-refractivity contribution is -0.140. The van der Waals surface area contributed by atoms with Crippen LogP contribution in [-0.2, 0) is 38.8 Å². The fraction of sp³-hybridized carbons (Fsp3) is 0.278. The first-order chi connectivity index (χ1) is 22.6. The molecule has 48 heavy (non-hydrogen) atoms. The third-order valence-electron chi connectivity index (χ3n) is 7.74. The smallest absolute Gasteiger partial charge is 0.352 e. The van der Waals surface area contributed by atoms with Gasteiger partial charge >= 0.3 is 6.18 Å². The summed E-state index contributed by atoms with van der Waals surface area (Å²) in [6.07, 6.45) is -4.80. The summed E-state index contributed by atoms with van der Waals surface area (Å²) in [6, 6.07) is 23.3. The molecule has 0 aromatic heterocycles. The van der Waals surface area contributed by atoms with Crippen LogP contribution in [0, 0.1) is 13.8 Å². The number of anilines is 1. The average molecular weight is 700 g/mol. The lowest BCUT2D eigenvalue weighted by Gasteiger charge is -2.34. The van der Waals surface area contributed by atoms with Gasteiger partial charge in [0.15, 0.2) is 0 Å². The first-order valence-electron chi connectivity index (χ1n) is 15.2. The zero-order chi connectivity index (χ0) is 35.2. The second-order valence-electron chi connectivity index (χ2n) is 11.8. The van der Waals surface area contributed by atoms with Crippen LogP contribution in [0.25, 0.3) is 0 Å². The number of alkyl halides is 3. The molecule has 0 aliphatic rings. The maximum absolute atomic E-state index is 14.5. The lowest BCUT2D eigenvalue weighted by atomic mass is 10.0. The van der Waals surface area contributed by atoms with E-state index >= 15 is 0 Å². The molecule has 0 bridgehead atoms. The number of nitrogens with zero attached hydrogens (tertiary/aromatic N) is 2. The van der Waals surface area contributed by atoms with Crippen molar-refractivity contribution in [1.29, 1.82) is 0 Å². The Hall–Kier alpha value is -4.35. The first kappa shape index (κ1) is 36.5. The summed E-state index contributed by atoms with van der Waals surface area (Å²) in [5, 5.41) is 2.25. The van der Waals surface area contributed by atoms with E-state index in [-0.39, 0.29) is 23.9 Å². The van der Waals surface area contributed by atoms with Gasteiger partial charge in [-0.1, -0.05) is 83.9 Å². The Morgan fingerprint density at radius 1 is 0.875 bits per heavy atom. The normalized spacial score (nSPS) is 12.4. The predicted molar refractivity (Wildman–Crippen MR) is 181 cm³/mol. The number of rotatable bonds is 12. The van der Waals surface area contributed by atoms with Gasteiger partial charge in [0.25, 0.3) is 10.0 Å². The van der Waals surface area contributed by atoms with E-state index in [9.17, 15) is 31.2 Å². The quantitative estimate of drug-likeness (QED) is 0.168. The Balaban J connectivity index is 1.88. The number of hydrogen-bond donors (Lipinski definition) is 1. The SMILES string of the molecule is Cc1ccc(S(=O)(=O)N(CC(=O)N(Cc2ccccc2C)[C@@H](Cc2ccccc2)C(=O)NC(C)C)c2ccc(Cl)c(C(F)(F)F)c2)cc1. The highest BCUT2D eigenvalue weighted by atomic mass is 35.5. The molecular formula is C36H37ClF3N3O4S. The predicted octanol–water partition coefficient (Wildman–Crippen LogP) is 7.34. The van der Waals surface area contributed by atoms with Crippen molar-refractivity contribution >= 4 is 39.1 Å². The lowest BCUT2D eigenvalue weighted by Crippen LogP contribution is -2.54. The number of carbonyl (C=O) groups excluding carboxylic acids is 2. The van der Waals surface area contributed by atoms with Gasteiger partial charge in [0.1, 0.15) is 12.6 Å². The van der Waals surface area contributed by atoms with Gasteiger partial charge in [0.05, 0.1) is 21.2 Å². The minimum Gasteiger partial charge on any atom is -0.352 e. The Morgan fingerprint density at radius 3 is 2.10 bits per heavy atom. The van der Waals surface area contributed by atoms with E-state index in [1.54, 1.807) is 57.2 Å². The van der Waals surface area contributed by atoms with E-state index in [1.165, 1.54) is 17.0 Å². The molecule has 0 saturated heterocycles. The monoisotopic (exact) mass is 699 g/mol. The second kappa shape index (κ2) is 15.3. The minimum absolute atomic E-state index is 0.0681. The van der Waals surface area contributed by atoms with Crippen molar-refractivity contribution in [1.82, 2.24) is 10.2 Å². The third-order valence-corrected chi connectivity index (χ3v) is 9.85. The maximum Gasteiger partial charge on any atom is 0.417 e. The van der Waals surface area contributed by atoms with Gasteiger partial charge in [-0.2, -0.15) is 13.2 Å². The summed E-state index contributed by atoms with van der Waals surface area (Å²) in [7, 11) is -4.60. The van der Waals surface area contributed by atoms with E-state index in [0.717, 1.165) is 28.8 Å². The highest BCUT2D eigenvalue weighted by molar-refractivity contribution is 7.92. The van der Waals surface area contributed by atoms with Gasteiger partial charge in [-0.05, 0) is 74.7 Å². The number of sulfonamides is 1. The second-order valence-corrected chi connectivity index (χ2v) is 14.1. The van der Waals surface area contributed by atoms with Gasteiger partial charge in [-0.25, -0.2) is 8.42 Å². The maximum atomic E-state index is 14.5. The van der Waals surface area contributed by atoms with Crippen molar-refractivity contribution in [2.75, 3.05) is 10.8 Å². The molecule has 0 aliphatic heterocycles. The largest absolute Gasteiger partial charge is 0.417 e. The van der Waals surface area contributed by atoms with Crippen molar-refractivity contribution in [2.45, 2.75) is 63.8 Å². The van der Waals surface area contributed by atoms with Crippen LogP contribution < -0.4 is 9.62 Å². The molecule has 0 heterocycles. The summed E-state index contributed by atoms with van der Waals surface area (Å²) in [4.78, 5) is 29.4. The molecule has 0 radical (unpaired) electrons. The van der Waals surface area contributed by atoms with Gasteiger partial charge in [-0.15, -0.1) is 0 Å². The molecular weight excluding hydrogens is 663 g/mol. The van der Waals surface area contributed by atoms with Gasteiger partial charge in [0, 0.05) is 19.0 Å². The fourth-order valence-corrected chi connectivity index (χ4v) is 6.79. The molecule has 7 nitrogen and oxygen atoms in total. The number of carbonyl (C=O) groups is 2. The minimum atomic E-state index is -4.90. The Labute approximate surface area is 284 Å². The molecule has 4 aromatic carbocycles. The molecule has 12 heteroatoms. The van der Waals surface area contributed by atoms with Gasteiger partial charge in [-0.3, -0.25) is 13.9 Å². The van der Waals surface area contributed by atoms with Crippen LogP contribution in [0.15, 0.2) is 102 Å². The molecule has 0 unspecified atom stereocenters. The first-order valence-corrected chi connectivity index (χ1v) is 17.0. The van der Waals surface area contributed by atoms with E-state index < -0.39 is 56.9 Å². The van der Waals surface area contributed by atoms with Crippen LogP contribution >= 0.6 is 11.6 Å². The van der Waals surface area contributed by atoms with E-state index in [0.29, 0.717) is 15.9 Å². The number of aryl methyl sites for hydroxylation is 2. The molecule has 0 saturated carbocycles. The highest BCUT2D eigenvalue weighted by Gasteiger charge is 2.38. The zero-order valence-electron chi connectivity index (χ0n) is 27.0. The third kappa shape index (κ3) is 8.96. The van der Waals surface area contributed by atoms with Gasteiger partial charge in [0.2, 0.25) is 11.8 Å². The standard InChI is InChI=1S/C36H37ClF3N3O4S/c1-24(2)41-35(45)33(20-27-11-6-5-7-12-27)42(22-28-13-9-8-10-26(28)4)34(44)23-43(48(46,47)30-17-14-25(3)15-18-30)29-16-19-32(37)31(21-29)36(38,39)40/h5-19,21,24,33H,20,22-23H2,1-4H3,(H,41,45)/t33-/m0/s1. The summed E-state index contributed by atoms with van der Waals surface area (Å²) >= 11 is 5.88. The molecule has 0 fully saturated rings. The number of nitrogens with one attached hydrogen (secondary N) is 1. The summed E-state index contributed by atoms with van der Waals surface area (Å²) in [5.41, 5.74) is 1.37. The average Bonchev–Trinajstić information content (AvgIpc) is 3.02. The molecule has 2 amide bonds. The van der Waals surface area contributed by atoms with Crippen LogP contribution in [0.2, 0.25) is 5.02 Å². The molecule has 1 atom stereocenters. The van der Waals surface area contributed by atoms with Crippen molar-refractivity contribution in [3.63, 3.8) is 0 Å². The Bertz CT molecular complexity index is 1850. The molecule has 4 aromatic rings.